The second-order valence-corrected chi connectivity index (χ2v) is 5.59. The van der Waals surface area contributed by atoms with Gasteiger partial charge >= 0.3 is 0 Å². The van der Waals surface area contributed by atoms with Crippen molar-refractivity contribution in [3.05, 3.63) is 12.7 Å². The lowest BCUT2D eigenvalue weighted by Gasteiger charge is -2.09. The van der Waals surface area contributed by atoms with E-state index >= 15 is 0 Å². The first-order valence-corrected chi connectivity index (χ1v) is 7.92. The molecule has 0 N–H and O–H groups in total. The summed E-state index contributed by atoms with van der Waals surface area (Å²) in [6.07, 6.45) is 18.9. The zero-order valence-corrected chi connectivity index (χ0v) is 12.3. The minimum atomic E-state index is 0.957. The largest absolute Gasteiger partial charge is 0.103 e. The van der Waals surface area contributed by atoms with Crippen molar-refractivity contribution in [1.82, 2.24) is 0 Å². The van der Waals surface area contributed by atoms with Gasteiger partial charge in [0.05, 0.1) is 0 Å². The van der Waals surface area contributed by atoms with Crippen molar-refractivity contribution in [1.29, 1.82) is 0 Å². The first kappa shape index (κ1) is 16.7. The van der Waals surface area contributed by atoms with E-state index < -0.39 is 0 Å². The highest BCUT2D eigenvalue weighted by molar-refractivity contribution is 4.65. The third-order valence-corrected chi connectivity index (χ3v) is 3.64. The molecule has 0 bridgehead atoms. The molecule has 0 aromatic carbocycles. The maximum absolute atomic E-state index is 3.76. The van der Waals surface area contributed by atoms with Gasteiger partial charge in [0.15, 0.2) is 0 Å². The molecule has 0 aliphatic carbocycles. The van der Waals surface area contributed by atoms with E-state index in [1.165, 1.54) is 77.0 Å². The van der Waals surface area contributed by atoms with Gasteiger partial charge in [-0.25, -0.2) is 0 Å². The topological polar surface area (TPSA) is 0 Å². The van der Waals surface area contributed by atoms with E-state index in [9.17, 15) is 0 Å². The van der Waals surface area contributed by atoms with Gasteiger partial charge in [0, 0.05) is 0 Å². The number of hydrogen-bond acceptors (Lipinski definition) is 0. The normalized spacial score (nSPS) is 12.6. The Balaban J connectivity index is 3.00. The molecule has 0 fully saturated rings. The summed E-state index contributed by atoms with van der Waals surface area (Å²) in [7, 11) is 0. The van der Waals surface area contributed by atoms with Crippen LogP contribution in [0, 0.1) is 5.92 Å². The van der Waals surface area contributed by atoms with Crippen LogP contribution in [-0.2, 0) is 0 Å². The van der Waals surface area contributed by atoms with Crippen molar-refractivity contribution in [2.45, 2.75) is 90.9 Å². The molecule has 0 spiro atoms. The molecule has 0 nitrogen and oxygen atoms in total. The summed E-state index contributed by atoms with van der Waals surface area (Å²) in [6.45, 7) is 8.46. The Morgan fingerprint density at radius 2 is 1.35 bits per heavy atom. The molecule has 0 aliphatic heterocycles. The number of allylic oxidation sites excluding steroid dienone is 1. The van der Waals surface area contributed by atoms with Crippen LogP contribution in [0.3, 0.4) is 0 Å². The highest BCUT2D eigenvalue weighted by Gasteiger charge is 1.99. The molecule has 0 heterocycles. The average molecular weight is 238 g/mol. The molecule has 0 saturated heterocycles. The standard InChI is InChI=1S/C17H34/c1-4-6-7-8-9-10-11-12-13-14-16-17(3)15-5-2/h4,17H,1,5-16H2,2-3H3. The molecule has 0 radical (unpaired) electrons. The maximum atomic E-state index is 3.76. The molecule has 0 heteroatoms. The third kappa shape index (κ3) is 13.7. The second kappa shape index (κ2) is 13.8. The highest BCUT2D eigenvalue weighted by Crippen LogP contribution is 2.16. The summed E-state index contributed by atoms with van der Waals surface area (Å²) in [6, 6.07) is 0. The Morgan fingerprint density at radius 1 is 0.824 bits per heavy atom. The molecule has 0 amide bonds. The van der Waals surface area contributed by atoms with Gasteiger partial charge < -0.3 is 0 Å². The van der Waals surface area contributed by atoms with Crippen LogP contribution in [0.15, 0.2) is 12.7 Å². The van der Waals surface area contributed by atoms with Gasteiger partial charge in [-0.15, -0.1) is 6.58 Å². The minimum absolute atomic E-state index is 0.957. The molecule has 0 aromatic heterocycles. The number of hydrogen-bond donors (Lipinski definition) is 0. The zero-order chi connectivity index (χ0) is 12.8. The van der Waals surface area contributed by atoms with E-state index in [2.05, 4.69) is 20.4 Å². The zero-order valence-electron chi connectivity index (χ0n) is 12.3. The molecule has 1 unspecified atom stereocenters. The van der Waals surface area contributed by atoms with E-state index in [1.54, 1.807) is 0 Å². The fraction of sp³-hybridized carbons (Fsp3) is 0.882. The van der Waals surface area contributed by atoms with Crippen molar-refractivity contribution < 1.29 is 0 Å². The molecule has 0 aliphatic rings. The molecule has 0 rings (SSSR count). The van der Waals surface area contributed by atoms with Gasteiger partial charge in [-0.2, -0.15) is 0 Å². The molecule has 0 aromatic rings. The Morgan fingerprint density at radius 3 is 1.88 bits per heavy atom. The van der Waals surface area contributed by atoms with E-state index in [0.717, 1.165) is 5.92 Å². The quantitative estimate of drug-likeness (QED) is 0.253. The van der Waals surface area contributed by atoms with Crippen LogP contribution in [0.25, 0.3) is 0 Å². The van der Waals surface area contributed by atoms with Crippen LogP contribution in [-0.4, -0.2) is 0 Å². The van der Waals surface area contributed by atoms with Gasteiger partial charge in [-0.3, -0.25) is 0 Å². The predicted octanol–water partition coefficient (Wildman–Crippen LogP) is 6.51. The van der Waals surface area contributed by atoms with Gasteiger partial charge in [-0.1, -0.05) is 84.1 Å². The number of unbranched alkanes of at least 4 members (excludes halogenated alkanes) is 8. The van der Waals surface area contributed by atoms with Gasteiger partial charge in [0.25, 0.3) is 0 Å². The Hall–Kier alpha value is -0.260. The molecule has 17 heavy (non-hydrogen) atoms. The lowest BCUT2D eigenvalue weighted by molar-refractivity contribution is 0.450. The van der Waals surface area contributed by atoms with Gasteiger partial charge in [0.2, 0.25) is 0 Å². The van der Waals surface area contributed by atoms with Crippen LogP contribution in [0.2, 0.25) is 0 Å². The SMILES string of the molecule is C=CCCCCCCCCCCC(C)CCC. The minimum Gasteiger partial charge on any atom is -0.103 e. The summed E-state index contributed by atoms with van der Waals surface area (Å²) in [5, 5.41) is 0. The van der Waals surface area contributed by atoms with E-state index in [-0.39, 0.29) is 0 Å². The Kier molecular flexibility index (Phi) is 13.6. The van der Waals surface area contributed by atoms with Gasteiger partial charge in [-0.05, 0) is 18.8 Å². The van der Waals surface area contributed by atoms with Crippen molar-refractivity contribution in [3.63, 3.8) is 0 Å². The molecule has 102 valence electrons. The maximum Gasteiger partial charge on any atom is -0.0353 e. The summed E-state index contributed by atoms with van der Waals surface area (Å²) >= 11 is 0. The summed E-state index contributed by atoms with van der Waals surface area (Å²) in [5.41, 5.74) is 0. The second-order valence-electron chi connectivity index (χ2n) is 5.59. The highest BCUT2D eigenvalue weighted by atomic mass is 14.1. The smallest absolute Gasteiger partial charge is 0.0353 e. The van der Waals surface area contributed by atoms with Crippen LogP contribution in [0.1, 0.15) is 90.9 Å². The molecule has 1 atom stereocenters. The van der Waals surface area contributed by atoms with Crippen LogP contribution >= 0.6 is 0 Å². The third-order valence-electron chi connectivity index (χ3n) is 3.64. The van der Waals surface area contributed by atoms with Crippen molar-refractivity contribution >= 4 is 0 Å². The van der Waals surface area contributed by atoms with Crippen molar-refractivity contribution in [2.24, 2.45) is 5.92 Å². The lowest BCUT2D eigenvalue weighted by Crippen LogP contribution is -1.93. The summed E-state index contributed by atoms with van der Waals surface area (Å²) < 4.78 is 0. The lowest BCUT2D eigenvalue weighted by atomic mass is 9.98. The molecular weight excluding hydrogens is 204 g/mol. The van der Waals surface area contributed by atoms with Crippen LogP contribution < -0.4 is 0 Å². The molecular formula is C17H34. The first-order chi connectivity index (χ1) is 8.31. The van der Waals surface area contributed by atoms with E-state index in [1.807, 2.05) is 6.08 Å². The van der Waals surface area contributed by atoms with E-state index in [4.69, 9.17) is 0 Å². The first-order valence-electron chi connectivity index (χ1n) is 7.92. The summed E-state index contributed by atoms with van der Waals surface area (Å²) in [5.74, 6) is 0.957. The fourth-order valence-corrected chi connectivity index (χ4v) is 2.48. The average Bonchev–Trinajstić information content (AvgIpc) is 2.32. The van der Waals surface area contributed by atoms with Crippen molar-refractivity contribution in [3.8, 4) is 0 Å². The predicted molar refractivity (Wildman–Crippen MR) is 80.4 cm³/mol. The Labute approximate surface area is 110 Å². The number of rotatable bonds is 13. The van der Waals surface area contributed by atoms with Crippen LogP contribution in [0.5, 0.6) is 0 Å². The Bertz CT molecular complexity index is 148. The van der Waals surface area contributed by atoms with E-state index in [0.29, 0.717) is 0 Å². The monoisotopic (exact) mass is 238 g/mol. The van der Waals surface area contributed by atoms with Crippen LogP contribution in [0.4, 0.5) is 0 Å². The van der Waals surface area contributed by atoms with Crippen molar-refractivity contribution in [2.75, 3.05) is 0 Å². The summed E-state index contributed by atoms with van der Waals surface area (Å²) in [4.78, 5) is 0. The fourth-order valence-electron chi connectivity index (χ4n) is 2.48. The van der Waals surface area contributed by atoms with Gasteiger partial charge in [0.1, 0.15) is 0 Å². The molecule has 0 saturated carbocycles.